The number of hydrogen-bond donors (Lipinski definition) is 2. The zero-order valence-electron chi connectivity index (χ0n) is 13.5. The van der Waals surface area contributed by atoms with Gasteiger partial charge in [-0.2, -0.15) is 0 Å². The molecule has 124 valence electrons. The van der Waals surface area contributed by atoms with E-state index in [2.05, 4.69) is 21.2 Å². The highest BCUT2D eigenvalue weighted by Gasteiger charge is 2.31. The molecule has 2 atom stereocenters. The van der Waals surface area contributed by atoms with Crippen molar-refractivity contribution >= 4 is 34.2 Å². The van der Waals surface area contributed by atoms with Crippen LogP contribution in [0.15, 0.2) is 53.0 Å². The van der Waals surface area contributed by atoms with Crippen molar-refractivity contribution in [2.45, 2.75) is 32.4 Å². The molecular weight excluding hydrogens is 376 g/mol. The van der Waals surface area contributed by atoms with Crippen molar-refractivity contribution in [1.82, 2.24) is 5.32 Å². The van der Waals surface area contributed by atoms with E-state index in [0.29, 0.717) is 0 Å². The third-order valence-corrected chi connectivity index (χ3v) is 4.37. The second kappa shape index (κ2) is 7.95. The Hall–Kier alpha value is -1.36. The molecule has 0 aliphatic heterocycles. The predicted octanol–water partition coefficient (Wildman–Crippen LogP) is 4.23. The fourth-order valence-electron chi connectivity index (χ4n) is 2.21. The van der Waals surface area contributed by atoms with Crippen molar-refractivity contribution in [3.63, 3.8) is 0 Å². The van der Waals surface area contributed by atoms with Gasteiger partial charge in [0.25, 0.3) is 0 Å². The molecule has 23 heavy (non-hydrogen) atoms. The van der Waals surface area contributed by atoms with E-state index >= 15 is 0 Å². The Kier molecular flexibility index (Phi) is 6.81. The number of aryl methyl sites for hydroxylation is 1. The van der Waals surface area contributed by atoms with E-state index in [9.17, 15) is 4.79 Å². The fraction of sp³-hybridized carbons (Fsp3) is 0.278. The fourth-order valence-corrected chi connectivity index (χ4v) is 2.48. The minimum atomic E-state index is -1.07. The van der Waals surface area contributed by atoms with Gasteiger partial charge in [0.1, 0.15) is 5.54 Å². The summed E-state index contributed by atoms with van der Waals surface area (Å²) < 4.78 is 0.959. The van der Waals surface area contributed by atoms with Crippen LogP contribution in [0.5, 0.6) is 0 Å². The number of halogens is 2. The Balaban J connectivity index is 0.00000264. The standard InChI is InChI=1S/C18H21BrN2O.ClH/c1-12-4-6-14(7-5-12)13(2)21-17(22)18(3,20)15-8-10-16(19)11-9-15;/h4-11,13H,20H2,1-3H3,(H,21,22);1H. The lowest BCUT2D eigenvalue weighted by atomic mass is 9.91. The lowest BCUT2D eigenvalue weighted by Crippen LogP contribution is -2.49. The van der Waals surface area contributed by atoms with E-state index in [-0.39, 0.29) is 24.4 Å². The van der Waals surface area contributed by atoms with Gasteiger partial charge in [-0.15, -0.1) is 12.4 Å². The second-order valence-corrected chi connectivity index (χ2v) is 6.73. The number of nitrogens with two attached hydrogens (primary N) is 1. The average Bonchev–Trinajstić information content (AvgIpc) is 2.48. The normalized spacial score (nSPS) is 14.3. The van der Waals surface area contributed by atoms with Gasteiger partial charge in [0.15, 0.2) is 0 Å². The Morgan fingerprint density at radius 3 is 2.17 bits per heavy atom. The molecule has 0 spiro atoms. The number of amides is 1. The van der Waals surface area contributed by atoms with Crippen LogP contribution in [0, 0.1) is 6.92 Å². The van der Waals surface area contributed by atoms with Crippen LogP contribution in [0.4, 0.5) is 0 Å². The second-order valence-electron chi connectivity index (χ2n) is 5.82. The molecule has 0 saturated heterocycles. The number of carbonyl (C=O) groups excluding carboxylic acids is 1. The smallest absolute Gasteiger partial charge is 0.244 e. The van der Waals surface area contributed by atoms with E-state index in [4.69, 9.17) is 5.73 Å². The molecule has 1 amide bonds. The van der Waals surface area contributed by atoms with Crippen molar-refractivity contribution < 1.29 is 4.79 Å². The number of carbonyl (C=O) groups is 1. The summed E-state index contributed by atoms with van der Waals surface area (Å²) in [6.07, 6.45) is 0. The Labute approximate surface area is 152 Å². The van der Waals surface area contributed by atoms with Gasteiger partial charge in [-0.3, -0.25) is 4.79 Å². The molecule has 5 heteroatoms. The summed E-state index contributed by atoms with van der Waals surface area (Å²) in [6, 6.07) is 15.5. The summed E-state index contributed by atoms with van der Waals surface area (Å²) in [4.78, 5) is 12.6. The molecule has 0 radical (unpaired) electrons. The van der Waals surface area contributed by atoms with Crippen LogP contribution in [0.25, 0.3) is 0 Å². The third-order valence-electron chi connectivity index (χ3n) is 3.84. The van der Waals surface area contributed by atoms with Gasteiger partial charge in [-0.05, 0) is 44.0 Å². The molecule has 0 heterocycles. The van der Waals surface area contributed by atoms with Crippen molar-refractivity contribution in [3.8, 4) is 0 Å². The van der Waals surface area contributed by atoms with Crippen LogP contribution in [0.2, 0.25) is 0 Å². The SMILES string of the molecule is Cc1ccc(C(C)NC(=O)C(C)(N)c2ccc(Br)cc2)cc1.Cl. The molecule has 0 fully saturated rings. The first kappa shape index (κ1) is 19.7. The van der Waals surface area contributed by atoms with Gasteiger partial charge in [0.05, 0.1) is 6.04 Å². The van der Waals surface area contributed by atoms with Crippen molar-refractivity contribution in [2.24, 2.45) is 5.73 Å². The highest BCUT2D eigenvalue weighted by atomic mass is 79.9. The highest BCUT2D eigenvalue weighted by molar-refractivity contribution is 9.10. The number of benzene rings is 2. The van der Waals surface area contributed by atoms with Crippen molar-refractivity contribution in [1.29, 1.82) is 0 Å². The van der Waals surface area contributed by atoms with Crippen molar-refractivity contribution in [3.05, 3.63) is 69.7 Å². The van der Waals surface area contributed by atoms with Gasteiger partial charge in [-0.1, -0.05) is 57.9 Å². The number of hydrogen-bond acceptors (Lipinski definition) is 2. The molecule has 0 aliphatic rings. The number of rotatable bonds is 4. The van der Waals surface area contributed by atoms with Crippen LogP contribution < -0.4 is 11.1 Å². The highest BCUT2D eigenvalue weighted by Crippen LogP contribution is 2.22. The Bertz CT molecular complexity index is 654. The Morgan fingerprint density at radius 1 is 1.13 bits per heavy atom. The van der Waals surface area contributed by atoms with Crippen molar-refractivity contribution in [2.75, 3.05) is 0 Å². The maximum Gasteiger partial charge on any atom is 0.244 e. The minimum absolute atomic E-state index is 0. The average molecular weight is 398 g/mol. The van der Waals surface area contributed by atoms with Crippen LogP contribution in [-0.2, 0) is 10.3 Å². The summed E-state index contributed by atoms with van der Waals surface area (Å²) in [6.45, 7) is 5.73. The summed E-state index contributed by atoms with van der Waals surface area (Å²) in [5.41, 5.74) is 8.22. The molecule has 3 nitrogen and oxygen atoms in total. The van der Waals surface area contributed by atoms with E-state index in [1.54, 1.807) is 6.92 Å². The zero-order valence-corrected chi connectivity index (χ0v) is 15.9. The molecule has 0 aliphatic carbocycles. The van der Waals surface area contributed by atoms with E-state index < -0.39 is 5.54 Å². The predicted molar refractivity (Wildman–Crippen MR) is 101 cm³/mol. The first-order valence-electron chi connectivity index (χ1n) is 7.23. The molecule has 2 rings (SSSR count). The Morgan fingerprint density at radius 2 is 1.65 bits per heavy atom. The lowest BCUT2D eigenvalue weighted by Gasteiger charge is -2.26. The monoisotopic (exact) mass is 396 g/mol. The minimum Gasteiger partial charge on any atom is -0.348 e. The molecule has 3 N–H and O–H groups in total. The maximum absolute atomic E-state index is 12.6. The van der Waals surface area contributed by atoms with Gasteiger partial charge in [0.2, 0.25) is 5.91 Å². The quantitative estimate of drug-likeness (QED) is 0.811. The number of nitrogens with one attached hydrogen (secondary N) is 1. The van der Waals surface area contributed by atoms with Crippen LogP contribution in [0.3, 0.4) is 0 Å². The molecule has 2 unspecified atom stereocenters. The molecule has 2 aromatic rings. The summed E-state index contributed by atoms with van der Waals surface area (Å²) in [7, 11) is 0. The third kappa shape index (κ3) is 4.80. The van der Waals surface area contributed by atoms with Crippen LogP contribution in [0.1, 0.15) is 36.6 Å². The first-order valence-corrected chi connectivity index (χ1v) is 8.02. The van der Waals surface area contributed by atoms with E-state index in [0.717, 1.165) is 15.6 Å². The van der Waals surface area contributed by atoms with E-state index in [1.165, 1.54) is 5.56 Å². The summed E-state index contributed by atoms with van der Waals surface area (Å²) in [5, 5.41) is 2.99. The van der Waals surface area contributed by atoms with Crippen LogP contribution >= 0.6 is 28.3 Å². The zero-order chi connectivity index (χ0) is 16.3. The van der Waals surface area contributed by atoms with Gasteiger partial charge in [0, 0.05) is 4.47 Å². The molecule has 2 aromatic carbocycles. The van der Waals surface area contributed by atoms with E-state index in [1.807, 2.05) is 62.4 Å². The first-order chi connectivity index (χ1) is 10.3. The van der Waals surface area contributed by atoms with Gasteiger partial charge >= 0.3 is 0 Å². The molecule has 0 saturated carbocycles. The molecular formula is C18H22BrClN2O. The summed E-state index contributed by atoms with van der Waals surface area (Å²) >= 11 is 3.38. The van der Waals surface area contributed by atoms with Gasteiger partial charge in [-0.25, -0.2) is 0 Å². The molecule has 0 bridgehead atoms. The lowest BCUT2D eigenvalue weighted by molar-refractivity contribution is -0.126. The van der Waals surface area contributed by atoms with Crippen LogP contribution in [-0.4, -0.2) is 5.91 Å². The maximum atomic E-state index is 12.6. The molecule has 0 aromatic heterocycles. The largest absolute Gasteiger partial charge is 0.348 e. The summed E-state index contributed by atoms with van der Waals surface area (Å²) in [5.74, 6) is -0.192. The van der Waals surface area contributed by atoms with Gasteiger partial charge < -0.3 is 11.1 Å². The topological polar surface area (TPSA) is 55.1 Å².